The fourth-order valence-corrected chi connectivity index (χ4v) is 2.94. The highest BCUT2D eigenvalue weighted by Crippen LogP contribution is 2.30. The van der Waals surface area contributed by atoms with Gasteiger partial charge >= 0.3 is 0 Å². The number of benzene rings is 1. The van der Waals surface area contributed by atoms with Crippen molar-refractivity contribution in [2.75, 3.05) is 18.9 Å². The average Bonchev–Trinajstić information content (AvgIpc) is 3.19. The van der Waals surface area contributed by atoms with Crippen LogP contribution in [0, 0.1) is 16.0 Å². The fraction of sp³-hybridized carbons (Fsp3) is 0.455. The first kappa shape index (κ1) is 13.8. The van der Waals surface area contributed by atoms with Crippen LogP contribution in [0.5, 0.6) is 0 Å². The van der Waals surface area contributed by atoms with Gasteiger partial charge < -0.3 is 5.32 Å². The Balaban J connectivity index is 2.33. The third kappa shape index (κ3) is 3.21. The molecule has 8 heteroatoms. The van der Waals surface area contributed by atoms with E-state index in [9.17, 15) is 18.5 Å². The summed E-state index contributed by atoms with van der Waals surface area (Å²) in [6.45, 7) is 0.341. The fourth-order valence-electron chi connectivity index (χ4n) is 1.67. The van der Waals surface area contributed by atoms with E-state index in [2.05, 4.69) is 10.0 Å². The van der Waals surface area contributed by atoms with E-state index in [0.29, 0.717) is 18.2 Å². The molecule has 0 saturated heterocycles. The molecule has 0 radical (unpaired) electrons. The smallest absolute Gasteiger partial charge is 0.291 e. The van der Waals surface area contributed by atoms with Gasteiger partial charge in [-0.05, 0) is 30.9 Å². The molecule has 1 saturated carbocycles. The van der Waals surface area contributed by atoms with E-state index >= 15 is 0 Å². The van der Waals surface area contributed by atoms with Gasteiger partial charge in [-0.25, -0.2) is 13.1 Å². The second kappa shape index (κ2) is 5.14. The van der Waals surface area contributed by atoms with E-state index in [1.807, 2.05) is 0 Å². The van der Waals surface area contributed by atoms with Crippen molar-refractivity contribution < 1.29 is 13.3 Å². The van der Waals surface area contributed by atoms with Gasteiger partial charge in [-0.3, -0.25) is 10.1 Å². The van der Waals surface area contributed by atoms with Gasteiger partial charge in [0, 0.05) is 25.3 Å². The molecule has 0 heterocycles. The SMILES string of the molecule is CNc1ccc(S(=O)(=O)NCC2CC2)c([N+](=O)[O-])c1. The van der Waals surface area contributed by atoms with E-state index in [1.54, 1.807) is 7.05 Å². The maximum Gasteiger partial charge on any atom is 0.291 e. The summed E-state index contributed by atoms with van der Waals surface area (Å²) in [5.74, 6) is 0.366. The molecule has 0 aliphatic heterocycles. The lowest BCUT2D eigenvalue weighted by molar-refractivity contribution is -0.387. The van der Waals surface area contributed by atoms with E-state index in [0.717, 1.165) is 12.8 Å². The molecule has 0 spiro atoms. The van der Waals surface area contributed by atoms with Crippen molar-refractivity contribution in [2.45, 2.75) is 17.7 Å². The van der Waals surface area contributed by atoms with Crippen LogP contribution in [0.3, 0.4) is 0 Å². The second-order valence-corrected chi connectivity index (χ2v) is 6.22. The van der Waals surface area contributed by atoms with Crippen molar-refractivity contribution in [2.24, 2.45) is 5.92 Å². The number of hydrogen-bond acceptors (Lipinski definition) is 5. The molecule has 1 aromatic carbocycles. The zero-order valence-electron chi connectivity index (χ0n) is 10.4. The number of nitrogens with zero attached hydrogens (tertiary/aromatic N) is 1. The zero-order valence-corrected chi connectivity index (χ0v) is 11.2. The summed E-state index contributed by atoms with van der Waals surface area (Å²) < 4.78 is 26.5. The van der Waals surface area contributed by atoms with Crippen LogP contribution in [0.1, 0.15) is 12.8 Å². The summed E-state index contributed by atoms with van der Waals surface area (Å²) in [5.41, 5.74) is 0.0722. The van der Waals surface area contributed by atoms with Crippen molar-refractivity contribution in [3.05, 3.63) is 28.3 Å². The van der Waals surface area contributed by atoms with Crippen LogP contribution in [0.4, 0.5) is 11.4 Å². The number of sulfonamides is 1. The van der Waals surface area contributed by atoms with Gasteiger partial charge in [0.05, 0.1) is 4.92 Å². The van der Waals surface area contributed by atoms with Crippen molar-refractivity contribution >= 4 is 21.4 Å². The maximum atomic E-state index is 12.1. The Morgan fingerprint density at radius 3 is 2.63 bits per heavy atom. The van der Waals surface area contributed by atoms with Gasteiger partial charge in [-0.1, -0.05) is 0 Å². The van der Waals surface area contributed by atoms with E-state index in [-0.39, 0.29) is 4.90 Å². The maximum absolute atomic E-state index is 12.1. The number of rotatable bonds is 6. The molecule has 104 valence electrons. The Kier molecular flexibility index (Phi) is 3.72. The molecule has 1 fully saturated rings. The monoisotopic (exact) mass is 285 g/mol. The summed E-state index contributed by atoms with van der Waals surface area (Å²) in [4.78, 5) is 9.99. The molecule has 2 N–H and O–H groups in total. The normalized spacial score (nSPS) is 15.2. The molecule has 7 nitrogen and oxygen atoms in total. The average molecular weight is 285 g/mol. The van der Waals surface area contributed by atoms with Crippen molar-refractivity contribution in [1.82, 2.24) is 4.72 Å². The predicted octanol–water partition coefficient (Wildman–Crippen LogP) is 1.32. The quantitative estimate of drug-likeness (QED) is 0.606. The molecule has 0 atom stereocenters. The van der Waals surface area contributed by atoms with Crippen LogP contribution in [-0.2, 0) is 10.0 Å². The number of nitro benzene ring substituents is 1. The highest BCUT2D eigenvalue weighted by Gasteiger charge is 2.29. The predicted molar refractivity (Wildman–Crippen MR) is 70.6 cm³/mol. The zero-order chi connectivity index (χ0) is 14.0. The minimum atomic E-state index is -3.84. The summed E-state index contributed by atoms with van der Waals surface area (Å²) in [5, 5.41) is 13.7. The van der Waals surface area contributed by atoms with Crippen LogP contribution < -0.4 is 10.0 Å². The Morgan fingerprint density at radius 2 is 2.11 bits per heavy atom. The van der Waals surface area contributed by atoms with Crippen LogP contribution >= 0.6 is 0 Å². The summed E-state index contributed by atoms with van der Waals surface area (Å²) in [7, 11) is -2.23. The molecule has 1 aliphatic carbocycles. The molecule has 0 amide bonds. The van der Waals surface area contributed by atoms with Gasteiger partial charge in [-0.2, -0.15) is 0 Å². The van der Waals surface area contributed by atoms with Crippen LogP contribution in [0.15, 0.2) is 23.1 Å². The first-order chi connectivity index (χ1) is 8.94. The van der Waals surface area contributed by atoms with Crippen molar-refractivity contribution in [1.29, 1.82) is 0 Å². The van der Waals surface area contributed by atoms with Gasteiger partial charge in [0.2, 0.25) is 10.0 Å². The van der Waals surface area contributed by atoms with Gasteiger partial charge in [0.25, 0.3) is 5.69 Å². The topological polar surface area (TPSA) is 101 Å². The van der Waals surface area contributed by atoms with Gasteiger partial charge in [0.1, 0.15) is 0 Å². The molecular weight excluding hydrogens is 270 g/mol. The Hall–Kier alpha value is -1.67. The number of anilines is 1. The molecule has 1 aliphatic rings. The number of nitro groups is 1. The minimum Gasteiger partial charge on any atom is -0.388 e. The first-order valence-electron chi connectivity index (χ1n) is 5.90. The van der Waals surface area contributed by atoms with Crippen molar-refractivity contribution in [3.63, 3.8) is 0 Å². The van der Waals surface area contributed by atoms with E-state index in [4.69, 9.17) is 0 Å². The third-order valence-electron chi connectivity index (χ3n) is 2.99. The minimum absolute atomic E-state index is 0.294. The van der Waals surface area contributed by atoms with Crippen LogP contribution in [0.2, 0.25) is 0 Å². The highest BCUT2D eigenvalue weighted by atomic mass is 32.2. The van der Waals surface area contributed by atoms with E-state index < -0.39 is 20.6 Å². The Labute approximate surface area is 111 Å². The lowest BCUT2D eigenvalue weighted by atomic mass is 10.3. The molecule has 19 heavy (non-hydrogen) atoms. The molecule has 0 unspecified atom stereocenters. The van der Waals surface area contributed by atoms with Crippen LogP contribution in [0.25, 0.3) is 0 Å². The Morgan fingerprint density at radius 1 is 1.42 bits per heavy atom. The van der Waals surface area contributed by atoms with Gasteiger partial charge in [0.15, 0.2) is 4.90 Å². The molecular formula is C11H15N3O4S. The first-order valence-corrected chi connectivity index (χ1v) is 7.38. The lowest BCUT2D eigenvalue weighted by Crippen LogP contribution is -2.26. The second-order valence-electron chi connectivity index (χ2n) is 4.48. The van der Waals surface area contributed by atoms with E-state index in [1.165, 1.54) is 18.2 Å². The largest absolute Gasteiger partial charge is 0.388 e. The van der Waals surface area contributed by atoms with Crippen LogP contribution in [-0.4, -0.2) is 26.9 Å². The van der Waals surface area contributed by atoms with Crippen molar-refractivity contribution in [3.8, 4) is 0 Å². The lowest BCUT2D eigenvalue weighted by Gasteiger charge is -2.08. The third-order valence-corrected chi connectivity index (χ3v) is 4.46. The molecule has 1 aromatic rings. The molecule has 0 aromatic heterocycles. The van der Waals surface area contributed by atoms with Gasteiger partial charge in [-0.15, -0.1) is 0 Å². The summed E-state index contributed by atoms with van der Waals surface area (Å²) in [6.07, 6.45) is 2.01. The summed E-state index contributed by atoms with van der Waals surface area (Å²) in [6, 6.07) is 3.96. The number of nitrogens with one attached hydrogen (secondary N) is 2. The summed E-state index contributed by atoms with van der Waals surface area (Å²) >= 11 is 0. The highest BCUT2D eigenvalue weighted by molar-refractivity contribution is 7.89. The standard InChI is InChI=1S/C11H15N3O4S/c1-12-9-4-5-11(10(6-9)14(15)16)19(17,18)13-7-8-2-3-8/h4-6,8,12-13H,2-3,7H2,1H3. The molecule has 2 rings (SSSR count). The Bertz CT molecular complexity index is 596. The molecule has 0 bridgehead atoms. The number of hydrogen-bond donors (Lipinski definition) is 2.